The topological polar surface area (TPSA) is 29.3 Å². The molecule has 2 rings (SSSR count). The Bertz CT molecular complexity index is 602. The number of likely N-dealkylation sites (N-methyl/N-ethyl adjacent to an activating group) is 1. The van der Waals surface area contributed by atoms with Crippen molar-refractivity contribution >= 4 is 11.6 Å². The van der Waals surface area contributed by atoms with Gasteiger partial charge >= 0.3 is 0 Å². The van der Waals surface area contributed by atoms with Crippen molar-refractivity contribution in [3.8, 4) is 0 Å². The molecule has 2 aromatic rings. The molecule has 0 radical (unpaired) electrons. The van der Waals surface area contributed by atoms with Gasteiger partial charge in [0, 0.05) is 24.7 Å². The zero-order valence-electron chi connectivity index (χ0n) is 11.7. The van der Waals surface area contributed by atoms with Crippen LogP contribution in [0.25, 0.3) is 0 Å². The highest BCUT2D eigenvalue weighted by Crippen LogP contribution is 2.27. The van der Waals surface area contributed by atoms with Crippen molar-refractivity contribution in [1.82, 2.24) is 4.90 Å². The molecule has 0 spiro atoms. The van der Waals surface area contributed by atoms with Crippen molar-refractivity contribution < 1.29 is 8.78 Å². The molecule has 0 aliphatic rings. The van der Waals surface area contributed by atoms with E-state index in [2.05, 4.69) is 0 Å². The van der Waals surface area contributed by atoms with Gasteiger partial charge in [0.15, 0.2) is 0 Å². The number of hydrogen-bond acceptors (Lipinski definition) is 2. The van der Waals surface area contributed by atoms with E-state index in [0.29, 0.717) is 12.1 Å². The minimum atomic E-state index is -0.444. The first-order valence-corrected chi connectivity index (χ1v) is 6.99. The average Bonchev–Trinajstić information content (AvgIpc) is 2.47. The highest BCUT2D eigenvalue weighted by atomic mass is 35.5. The molecule has 0 amide bonds. The molecule has 1 unspecified atom stereocenters. The van der Waals surface area contributed by atoms with Gasteiger partial charge in [-0.2, -0.15) is 0 Å². The molecule has 0 bridgehead atoms. The third kappa shape index (κ3) is 3.79. The fourth-order valence-electron chi connectivity index (χ4n) is 2.31. The van der Waals surface area contributed by atoms with E-state index in [9.17, 15) is 8.78 Å². The van der Waals surface area contributed by atoms with E-state index >= 15 is 0 Å². The molecule has 2 aromatic carbocycles. The second-order valence-electron chi connectivity index (χ2n) is 4.94. The molecule has 0 saturated heterocycles. The molecule has 0 aromatic heterocycles. The molecular formula is C16H17ClF2N2. The lowest BCUT2D eigenvalue weighted by Crippen LogP contribution is -2.31. The van der Waals surface area contributed by atoms with E-state index in [1.807, 2.05) is 11.9 Å². The molecule has 0 aliphatic carbocycles. The Kier molecular flexibility index (Phi) is 5.28. The van der Waals surface area contributed by atoms with Crippen molar-refractivity contribution in [2.75, 3.05) is 13.6 Å². The van der Waals surface area contributed by atoms with Crippen molar-refractivity contribution in [1.29, 1.82) is 0 Å². The first-order valence-electron chi connectivity index (χ1n) is 6.61. The van der Waals surface area contributed by atoms with Crippen LogP contribution in [0.5, 0.6) is 0 Å². The Morgan fingerprint density at radius 2 is 1.81 bits per heavy atom. The first-order chi connectivity index (χ1) is 10.0. The summed E-state index contributed by atoms with van der Waals surface area (Å²) in [6.45, 7) is 0.795. The van der Waals surface area contributed by atoms with Crippen molar-refractivity contribution in [2.24, 2.45) is 5.73 Å². The third-order valence-electron chi connectivity index (χ3n) is 3.44. The summed E-state index contributed by atoms with van der Waals surface area (Å²) in [6.07, 6.45) is 0. The van der Waals surface area contributed by atoms with Gasteiger partial charge in [0.1, 0.15) is 11.6 Å². The van der Waals surface area contributed by atoms with Gasteiger partial charge in [-0.15, -0.1) is 0 Å². The van der Waals surface area contributed by atoms with E-state index in [4.69, 9.17) is 17.3 Å². The quantitative estimate of drug-likeness (QED) is 0.911. The highest BCUT2D eigenvalue weighted by molar-refractivity contribution is 6.30. The second-order valence-corrected chi connectivity index (χ2v) is 5.34. The van der Waals surface area contributed by atoms with Crippen LogP contribution in [-0.2, 0) is 6.54 Å². The Balaban J connectivity index is 2.20. The summed E-state index contributed by atoms with van der Waals surface area (Å²) in [5.41, 5.74) is 7.19. The zero-order chi connectivity index (χ0) is 15.4. The highest BCUT2D eigenvalue weighted by Gasteiger charge is 2.20. The molecule has 2 nitrogen and oxygen atoms in total. The summed E-state index contributed by atoms with van der Waals surface area (Å²) in [5, 5.41) is 0.0844. The Morgan fingerprint density at radius 3 is 2.43 bits per heavy atom. The zero-order valence-corrected chi connectivity index (χ0v) is 12.4. The fourth-order valence-corrected chi connectivity index (χ4v) is 2.49. The molecule has 0 heterocycles. The summed E-state index contributed by atoms with van der Waals surface area (Å²) in [5.74, 6) is -0.724. The van der Waals surface area contributed by atoms with Crippen LogP contribution in [0.3, 0.4) is 0 Å². The number of nitrogens with two attached hydrogens (primary N) is 1. The standard InChI is InChI=1S/C16H17ClF2N2/c1-21(10-11-5-7-12(18)8-6-11)15(9-20)13-3-2-4-14(17)16(13)19/h2-8,15H,9-10,20H2,1H3. The van der Waals surface area contributed by atoms with E-state index in [-0.39, 0.29) is 23.4 Å². The van der Waals surface area contributed by atoms with Crippen LogP contribution in [0.4, 0.5) is 8.78 Å². The number of hydrogen-bond donors (Lipinski definition) is 1. The van der Waals surface area contributed by atoms with Gasteiger partial charge < -0.3 is 5.73 Å². The van der Waals surface area contributed by atoms with Crippen molar-refractivity contribution in [2.45, 2.75) is 12.6 Å². The minimum Gasteiger partial charge on any atom is -0.329 e. The molecule has 2 N–H and O–H groups in total. The van der Waals surface area contributed by atoms with Gasteiger partial charge in [-0.3, -0.25) is 4.90 Å². The minimum absolute atomic E-state index is 0.0844. The fraction of sp³-hybridized carbons (Fsp3) is 0.250. The molecule has 0 saturated carbocycles. The number of halogens is 3. The molecule has 21 heavy (non-hydrogen) atoms. The van der Waals surface area contributed by atoms with Crippen LogP contribution in [0.15, 0.2) is 42.5 Å². The SMILES string of the molecule is CN(Cc1ccc(F)cc1)C(CN)c1cccc(Cl)c1F. The number of benzene rings is 2. The van der Waals surface area contributed by atoms with Crippen LogP contribution >= 0.6 is 11.6 Å². The molecular weight excluding hydrogens is 294 g/mol. The van der Waals surface area contributed by atoms with Crippen LogP contribution < -0.4 is 5.73 Å². The lowest BCUT2D eigenvalue weighted by atomic mass is 10.0. The maximum Gasteiger partial charge on any atom is 0.146 e. The van der Waals surface area contributed by atoms with E-state index in [0.717, 1.165) is 5.56 Å². The van der Waals surface area contributed by atoms with Gasteiger partial charge in [0.05, 0.1) is 5.02 Å². The maximum absolute atomic E-state index is 14.1. The second kappa shape index (κ2) is 6.98. The summed E-state index contributed by atoms with van der Waals surface area (Å²) < 4.78 is 27.0. The maximum atomic E-state index is 14.1. The van der Waals surface area contributed by atoms with E-state index < -0.39 is 5.82 Å². The largest absolute Gasteiger partial charge is 0.329 e. The van der Waals surface area contributed by atoms with Gasteiger partial charge in [-0.05, 0) is 30.8 Å². The lowest BCUT2D eigenvalue weighted by Gasteiger charge is -2.28. The Hall–Kier alpha value is -1.49. The predicted octanol–water partition coefficient (Wildman–Crippen LogP) is 3.75. The monoisotopic (exact) mass is 310 g/mol. The van der Waals surface area contributed by atoms with Gasteiger partial charge in [-0.1, -0.05) is 35.9 Å². The molecule has 0 aliphatic heterocycles. The molecule has 0 fully saturated rings. The lowest BCUT2D eigenvalue weighted by molar-refractivity contribution is 0.236. The van der Waals surface area contributed by atoms with E-state index in [1.54, 1.807) is 24.3 Å². The first kappa shape index (κ1) is 15.9. The smallest absolute Gasteiger partial charge is 0.146 e. The molecule has 5 heteroatoms. The van der Waals surface area contributed by atoms with Crippen molar-refractivity contribution in [3.05, 3.63) is 70.2 Å². The van der Waals surface area contributed by atoms with E-state index in [1.165, 1.54) is 18.2 Å². The summed E-state index contributed by atoms with van der Waals surface area (Å²) >= 11 is 5.82. The molecule has 1 atom stereocenters. The Morgan fingerprint density at radius 1 is 1.14 bits per heavy atom. The summed E-state index contributed by atoms with van der Waals surface area (Å²) in [7, 11) is 1.85. The van der Waals surface area contributed by atoms with Crippen molar-refractivity contribution in [3.63, 3.8) is 0 Å². The summed E-state index contributed by atoms with van der Waals surface area (Å²) in [6, 6.07) is 10.8. The predicted molar refractivity (Wildman–Crippen MR) is 81.1 cm³/mol. The third-order valence-corrected chi connectivity index (χ3v) is 3.73. The van der Waals surface area contributed by atoms with Gasteiger partial charge in [0.2, 0.25) is 0 Å². The van der Waals surface area contributed by atoms with Gasteiger partial charge in [0.25, 0.3) is 0 Å². The molecule has 112 valence electrons. The Labute approximate surface area is 128 Å². The summed E-state index contributed by atoms with van der Waals surface area (Å²) in [4.78, 5) is 1.92. The van der Waals surface area contributed by atoms with Crippen LogP contribution in [0.2, 0.25) is 5.02 Å². The normalized spacial score (nSPS) is 12.7. The van der Waals surface area contributed by atoms with Crippen LogP contribution in [0.1, 0.15) is 17.2 Å². The number of rotatable bonds is 5. The van der Waals surface area contributed by atoms with Crippen LogP contribution in [-0.4, -0.2) is 18.5 Å². The number of nitrogens with zero attached hydrogens (tertiary/aromatic N) is 1. The van der Waals surface area contributed by atoms with Gasteiger partial charge in [-0.25, -0.2) is 8.78 Å². The average molecular weight is 311 g/mol. The van der Waals surface area contributed by atoms with Crippen LogP contribution in [0, 0.1) is 11.6 Å².